The molecule has 1 aliphatic carbocycles. The molecule has 0 atom stereocenters. The van der Waals surface area contributed by atoms with Gasteiger partial charge in [0.1, 0.15) is 0 Å². The smallest absolute Gasteiger partial charge is 0.235 e. The molecular formula is C14H17NO2. The molecule has 0 unspecified atom stereocenters. The van der Waals surface area contributed by atoms with Gasteiger partial charge in [-0.3, -0.25) is 10.1 Å². The molecular weight excluding hydrogens is 214 g/mol. The Morgan fingerprint density at radius 1 is 1.35 bits per heavy atom. The van der Waals surface area contributed by atoms with E-state index in [4.69, 9.17) is 0 Å². The summed E-state index contributed by atoms with van der Waals surface area (Å²) in [6.07, 6.45) is 15.1. The Morgan fingerprint density at radius 3 is 2.76 bits per heavy atom. The molecule has 0 aromatic carbocycles. The zero-order chi connectivity index (χ0) is 12.7. The van der Waals surface area contributed by atoms with Crippen molar-refractivity contribution in [1.29, 1.82) is 0 Å². The van der Waals surface area contributed by atoms with E-state index in [0.717, 1.165) is 18.2 Å². The lowest BCUT2D eigenvalue weighted by molar-refractivity contribution is -0.402. The van der Waals surface area contributed by atoms with E-state index in [1.54, 1.807) is 0 Å². The van der Waals surface area contributed by atoms with Crippen molar-refractivity contribution in [3.63, 3.8) is 0 Å². The molecule has 3 nitrogen and oxygen atoms in total. The predicted molar refractivity (Wildman–Crippen MR) is 70.0 cm³/mol. The Morgan fingerprint density at radius 2 is 2.12 bits per heavy atom. The van der Waals surface area contributed by atoms with Crippen LogP contribution in [0.2, 0.25) is 0 Å². The van der Waals surface area contributed by atoms with Crippen molar-refractivity contribution >= 4 is 0 Å². The average Bonchev–Trinajstić information content (AvgIpc) is 2.37. The van der Waals surface area contributed by atoms with Crippen molar-refractivity contribution in [1.82, 2.24) is 0 Å². The third-order valence-electron chi connectivity index (χ3n) is 2.51. The summed E-state index contributed by atoms with van der Waals surface area (Å²) >= 11 is 0. The largest absolute Gasteiger partial charge is 0.259 e. The third kappa shape index (κ3) is 5.11. The van der Waals surface area contributed by atoms with Crippen LogP contribution in [0.1, 0.15) is 20.3 Å². The topological polar surface area (TPSA) is 43.1 Å². The molecule has 0 aromatic heterocycles. The van der Waals surface area contributed by atoms with Gasteiger partial charge in [0.05, 0.1) is 4.92 Å². The number of nitrogens with zero attached hydrogens (tertiary/aromatic N) is 1. The summed E-state index contributed by atoms with van der Waals surface area (Å²) in [5.74, 6) is 0.514. The molecule has 0 bridgehead atoms. The number of hydrogen-bond acceptors (Lipinski definition) is 2. The van der Waals surface area contributed by atoms with Crippen LogP contribution in [-0.2, 0) is 0 Å². The minimum Gasteiger partial charge on any atom is -0.259 e. The van der Waals surface area contributed by atoms with E-state index in [1.165, 1.54) is 11.6 Å². The maximum Gasteiger partial charge on any atom is 0.235 e. The molecule has 1 rings (SSSR count). The zero-order valence-electron chi connectivity index (χ0n) is 10.2. The molecule has 0 N–H and O–H groups in total. The summed E-state index contributed by atoms with van der Waals surface area (Å²) in [5, 5.41) is 10.2. The first kappa shape index (κ1) is 13.2. The number of rotatable bonds is 3. The van der Waals surface area contributed by atoms with Crippen molar-refractivity contribution in [2.24, 2.45) is 5.92 Å². The van der Waals surface area contributed by atoms with E-state index in [2.05, 4.69) is 26.0 Å². The van der Waals surface area contributed by atoms with Gasteiger partial charge in [-0.2, -0.15) is 0 Å². The molecule has 0 amide bonds. The molecule has 0 saturated carbocycles. The summed E-state index contributed by atoms with van der Waals surface area (Å²) in [4.78, 5) is 9.78. The molecule has 0 saturated heterocycles. The first-order valence-electron chi connectivity index (χ1n) is 5.65. The summed E-state index contributed by atoms with van der Waals surface area (Å²) < 4.78 is 0. The molecule has 0 heterocycles. The van der Waals surface area contributed by atoms with Gasteiger partial charge in [-0.05, 0) is 17.9 Å². The first-order chi connectivity index (χ1) is 8.09. The third-order valence-corrected chi connectivity index (χ3v) is 2.51. The highest BCUT2D eigenvalue weighted by atomic mass is 16.6. The van der Waals surface area contributed by atoms with E-state index in [9.17, 15) is 10.1 Å². The first-order valence-corrected chi connectivity index (χ1v) is 5.65. The van der Waals surface area contributed by atoms with E-state index in [-0.39, 0.29) is 0 Å². The van der Waals surface area contributed by atoms with Crippen LogP contribution in [0.5, 0.6) is 0 Å². The van der Waals surface area contributed by atoms with Crippen LogP contribution in [0.25, 0.3) is 0 Å². The summed E-state index contributed by atoms with van der Waals surface area (Å²) in [6, 6.07) is 0. The van der Waals surface area contributed by atoms with Gasteiger partial charge >= 0.3 is 0 Å². The van der Waals surface area contributed by atoms with Crippen LogP contribution in [-0.4, -0.2) is 4.92 Å². The number of hydrogen-bond donors (Lipinski definition) is 0. The average molecular weight is 231 g/mol. The molecule has 0 spiro atoms. The highest BCUT2D eigenvalue weighted by Crippen LogP contribution is 2.16. The maximum atomic E-state index is 10.2. The van der Waals surface area contributed by atoms with Gasteiger partial charge in [0, 0.05) is 6.08 Å². The molecule has 0 aliphatic heterocycles. The fourth-order valence-corrected chi connectivity index (χ4v) is 1.48. The Balaban J connectivity index is 2.86. The SMILES string of the molecule is CC(C)\C1=C\C=C/C(/C=C\[N+](=O)[O-])=C\C=C/C1. The van der Waals surface area contributed by atoms with Gasteiger partial charge in [0.15, 0.2) is 0 Å². The van der Waals surface area contributed by atoms with Gasteiger partial charge in [0.25, 0.3) is 0 Å². The summed E-state index contributed by atoms with van der Waals surface area (Å²) in [6.45, 7) is 4.32. The monoisotopic (exact) mass is 231 g/mol. The molecule has 0 radical (unpaired) electrons. The fraction of sp³-hybridized carbons (Fsp3) is 0.286. The quantitative estimate of drug-likeness (QED) is 0.547. The van der Waals surface area contributed by atoms with Crippen LogP contribution >= 0.6 is 0 Å². The molecule has 0 aromatic rings. The van der Waals surface area contributed by atoms with Crippen molar-refractivity contribution in [2.75, 3.05) is 0 Å². The van der Waals surface area contributed by atoms with Crippen molar-refractivity contribution < 1.29 is 4.92 Å². The second-order valence-corrected chi connectivity index (χ2v) is 4.16. The van der Waals surface area contributed by atoms with Crippen LogP contribution in [0.15, 0.2) is 59.9 Å². The van der Waals surface area contributed by atoms with E-state index in [0.29, 0.717) is 5.92 Å². The maximum absolute atomic E-state index is 10.2. The minimum absolute atomic E-state index is 0.458. The summed E-state index contributed by atoms with van der Waals surface area (Å²) in [5.41, 5.74) is 2.17. The van der Waals surface area contributed by atoms with E-state index < -0.39 is 4.92 Å². The van der Waals surface area contributed by atoms with E-state index in [1.807, 2.05) is 24.3 Å². The molecule has 17 heavy (non-hydrogen) atoms. The zero-order valence-corrected chi connectivity index (χ0v) is 10.2. The molecule has 90 valence electrons. The second-order valence-electron chi connectivity index (χ2n) is 4.16. The Hall–Kier alpha value is -1.90. The highest BCUT2D eigenvalue weighted by molar-refractivity contribution is 5.36. The van der Waals surface area contributed by atoms with Gasteiger partial charge in [-0.25, -0.2) is 0 Å². The van der Waals surface area contributed by atoms with E-state index >= 15 is 0 Å². The van der Waals surface area contributed by atoms with Crippen LogP contribution < -0.4 is 0 Å². The molecule has 1 aliphatic rings. The van der Waals surface area contributed by atoms with Crippen molar-refractivity contribution in [3.05, 3.63) is 70.0 Å². The van der Waals surface area contributed by atoms with Gasteiger partial charge in [0.2, 0.25) is 6.20 Å². The Bertz CT molecular complexity index is 424. The minimum atomic E-state index is -0.458. The van der Waals surface area contributed by atoms with Crippen molar-refractivity contribution in [3.8, 4) is 0 Å². The van der Waals surface area contributed by atoms with Gasteiger partial charge < -0.3 is 0 Å². The Labute approximate surface area is 102 Å². The lowest BCUT2D eigenvalue weighted by Gasteiger charge is -2.06. The summed E-state index contributed by atoms with van der Waals surface area (Å²) in [7, 11) is 0. The second kappa shape index (κ2) is 6.63. The molecule has 0 fully saturated rings. The van der Waals surface area contributed by atoms with Crippen molar-refractivity contribution in [2.45, 2.75) is 20.3 Å². The normalized spacial score (nSPS) is 26.3. The lowest BCUT2D eigenvalue weighted by atomic mass is 9.99. The van der Waals surface area contributed by atoms with Gasteiger partial charge in [-0.15, -0.1) is 0 Å². The highest BCUT2D eigenvalue weighted by Gasteiger charge is 2.00. The molecule has 3 heteroatoms. The number of nitro groups is 1. The fourth-order valence-electron chi connectivity index (χ4n) is 1.48. The predicted octanol–water partition coefficient (Wildman–Crippen LogP) is 3.80. The number of allylic oxidation sites excluding steroid dienone is 9. The Kier molecular flexibility index (Phi) is 5.14. The lowest BCUT2D eigenvalue weighted by Crippen LogP contribution is -1.91. The van der Waals surface area contributed by atoms with Crippen LogP contribution in [0.3, 0.4) is 0 Å². The van der Waals surface area contributed by atoms with Crippen LogP contribution in [0.4, 0.5) is 0 Å². The van der Waals surface area contributed by atoms with Crippen LogP contribution in [0, 0.1) is 16.0 Å². The van der Waals surface area contributed by atoms with Gasteiger partial charge in [-0.1, -0.05) is 55.9 Å². The standard InChI is InChI=1S/C14H17NO2/c1-12(2)14-8-4-3-6-13(7-5-9-14)10-11-15(16)17/h3-7,9-12H,8H2,1-2H3/b4-3-,7-5-,11-10-,13-6+,14-9+.